The van der Waals surface area contributed by atoms with E-state index in [1.54, 1.807) is 6.07 Å². The smallest absolute Gasteiger partial charge is 0.233 e. The Morgan fingerprint density at radius 1 is 1.24 bits per heavy atom. The van der Waals surface area contributed by atoms with Gasteiger partial charge in [-0.2, -0.15) is 0 Å². The van der Waals surface area contributed by atoms with Crippen molar-refractivity contribution in [1.29, 1.82) is 0 Å². The average molecular weight is 411 g/mol. The third-order valence-corrected chi connectivity index (χ3v) is 6.42. The highest BCUT2D eigenvalue weighted by molar-refractivity contribution is 7.99. The molecule has 2 aromatic carbocycles. The number of hydrogen-bond acceptors (Lipinski definition) is 5. The predicted octanol–water partition coefficient (Wildman–Crippen LogP) is 4.17. The lowest BCUT2D eigenvalue weighted by molar-refractivity contribution is -0.130. The van der Waals surface area contributed by atoms with Crippen molar-refractivity contribution in [3.63, 3.8) is 0 Å². The van der Waals surface area contributed by atoms with E-state index in [2.05, 4.69) is 17.1 Å². The van der Waals surface area contributed by atoms with Crippen LogP contribution >= 0.6 is 11.8 Å². The van der Waals surface area contributed by atoms with Gasteiger partial charge in [0.25, 0.3) is 0 Å². The molecule has 0 spiro atoms. The summed E-state index contributed by atoms with van der Waals surface area (Å²) in [5, 5.41) is 21.9. The summed E-state index contributed by atoms with van der Waals surface area (Å²) in [6.07, 6.45) is 2.27. The number of benzene rings is 2. The van der Waals surface area contributed by atoms with Crippen LogP contribution in [0.1, 0.15) is 26.7 Å². The maximum Gasteiger partial charge on any atom is 0.233 e. The molecule has 0 saturated carbocycles. The number of rotatable bonds is 5. The first-order chi connectivity index (χ1) is 14.1. The van der Waals surface area contributed by atoms with Gasteiger partial charge in [-0.05, 0) is 48.6 Å². The minimum atomic E-state index is 0.155. The molecule has 7 heteroatoms. The van der Waals surface area contributed by atoms with Gasteiger partial charge in [-0.25, -0.2) is 0 Å². The van der Waals surface area contributed by atoms with Gasteiger partial charge in [-0.15, -0.1) is 10.2 Å². The van der Waals surface area contributed by atoms with E-state index in [1.165, 1.54) is 18.2 Å². The van der Waals surface area contributed by atoms with E-state index < -0.39 is 0 Å². The highest BCUT2D eigenvalue weighted by Gasteiger charge is 2.22. The van der Waals surface area contributed by atoms with Crippen molar-refractivity contribution in [3.8, 4) is 17.1 Å². The molecular formula is C22H26N4O2S. The molecule has 1 aromatic heterocycles. The van der Waals surface area contributed by atoms with Crippen molar-refractivity contribution >= 4 is 28.4 Å². The third kappa shape index (κ3) is 4.10. The SMILES string of the molecule is CCn1c(SCC(=O)N2CCC[C@H](C)C2)nnc1-c1cc2ccccc2cc1O. The standard InChI is InChI=1S/C22H26N4O2S/c1-3-26-21(18-11-16-8-4-5-9-17(16)12-19(18)27)23-24-22(26)29-14-20(28)25-10-6-7-15(2)13-25/h4-5,8-9,11-12,15,27H,3,6-7,10,13-14H2,1-2H3/t15-/m0/s1. The Balaban J connectivity index is 1.55. The van der Waals surface area contributed by atoms with E-state index in [9.17, 15) is 9.90 Å². The van der Waals surface area contributed by atoms with Gasteiger partial charge in [0.05, 0.1) is 11.3 Å². The van der Waals surface area contributed by atoms with E-state index >= 15 is 0 Å². The normalized spacial score (nSPS) is 17.0. The van der Waals surface area contributed by atoms with Crippen LogP contribution < -0.4 is 0 Å². The number of carbonyl (C=O) groups excluding carboxylic acids is 1. The van der Waals surface area contributed by atoms with Crippen LogP contribution in [0, 0.1) is 5.92 Å². The quantitative estimate of drug-likeness (QED) is 0.639. The van der Waals surface area contributed by atoms with E-state index in [-0.39, 0.29) is 11.7 Å². The Morgan fingerprint density at radius 2 is 2.00 bits per heavy atom. The molecule has 152 valence electrons. The lowest BCUT2D eigenvalue weighted by Gasteiger charge is -2.30. The second-order valence-electron chi connectivity index (χ2n) is 7.64. The van der Waals surface area contributed by atoms with Crippen LogP contribution in [-0.2, 0) is 11.3 Å². The van der Waals surface area contributed by atoms with Gasteiger partial charge >= 0.3 is 0 Å². The number of aromatic nitrogens is 3. The summed E-state index contributed by atoms with van der Waals surface area (Å²) in [6.45, 7) is 6.56. The molecule has 29 heavy (non-hydrogen) atoms. The number of amides is 1. The fourth-order valence-corrected chi connectivity index (χ4v) is 4.83. The molecule has 1 amide bonds. The number of phenolic OH excluding ortho intramolecular Hbond substituents is 1. The zero-order chi connectivity index (χ0) is 20.4. The predicted molar refractivity (Wildman–Crippen MR) is 116 cm³/mol. The van der Waals surface area contributed by atoms with Gasteiger partial charge < -0.3 is 14.6 Å². The van der Waals surface area contributed by atoms with E-state index in [4.69, 9.17) is 0 Å². The van der Waals surface area contributed by atoms with Gasteiger partial charge in [-0.1, -0.05) is 43.0 Å². The largest absolute Gasteiger partial charge is 0.507 e. The first kappa shape index (κ1) is 19.8. The van der Waals surface area contributed by atoms with Crippen molar-refractivity contribution in [2.75, 3.05) is 18.8 Å². The number of nitrogens with zero attached hydrogens (tertiary/aromatic N) is 4. The molecule has 1 atom stereocenters. The third-order valence-electron chi connectivity index (χ3n) is 5.47. The summed E-state index contributed by atoms with van der Waals surface area (Å²) < 4.78 is 1.96. The molecule has 0 aliphatic carbocycles. The van der Waals surface area contributed by atoms with Gasteiger partial charge in [0.15, 0.2) is 11.0 Å². The van der Waals surface area contributed by atoms with Crippen molar-refractivity contribution in [2.24, 2.45) is 5.92 Å². The number of piperidine rings is 1. The average Bonchev–Trinajstić information content (AvgIpc) is 3.14. The molecule has 1 fully saturated rings. The van der Waals surface area contributed by atoms with Crippen molar-refractivity contribution in [1.82, 2.24) is 19.7 Å². The molecule has 6 nitrogen and oxygen atoms in total. The first-order valence-electron chi connectivity index (χ1n) is 10.1. The molecular weight excluding hydrogens is 384 g/mol. The molecule has 0 unspecified atom stereocenters. The summed E-state index contributed by atoms with van der Waals surface area (Å²) in [7, 11) is 0. The van der Waals surface area contributed by atoms with Crippen molar-refractivity contribution in [3.05, 3.63) is 36.4 Å². The van der Waals surface area contributed by atoms with Crippen LogP contribution in [0.25, 0.3) is 22.2 Å². The Bertz CT molecular complexity index is 1030. The maximum absolute atomic E-state index is 12.6. The summed E-state index contributed by atoms with van der Waals surface area (Å²) in [5.41, 5.74) is 0.654. The van der Waals surface area contributed by atoms with Gasteiger partial charge in [0.1, 0.15) is 5.75 Å². The van der Waals surface area contributed by atoms with Crippen LogP contribution in [0.2, 0.25) is 0 Å². The number of thioether (sulfide) groups is 1. The van der Waals surface area contributed by atoms with E-state index in [0.29, 0.717) is 34.8 Å². The van der Waals surface area contributed by atoms with E-state index in [1.807, 2.05) is 46.7 Å². The Hall–Kier alpha value is -2.54. The summed E-state index contributed by atoms with van der Waals surface area (Å²) in [5.74, 6) is 1.88. The van der Waals surface area contributed by atoms with Gasteiger partial charge in [0.2, 0.25) is 5.91 Å². The molecule has 4 rings (SSSR count). The zero-order valence-corrected chi connectivity index (χ0v) is 17.7. The first-order valence-corrected chi connectivity index (χ1v) is 11.1. The fourth-order valence-electron chi connectivity index (χ4n) is 3.92. The maximum atomic E-state index is 12.6. The molecule has 0 bridgehead atoms. The summed E-state index contributed by atoms with van der Waals surface area (Å²) >= 11 is 1.42. The molecule has 1 N–H and O–H groups in total. The Morgan fingerprint density at radius 3 is 2.72 bits per heavy atom. The lowest BCUT2D eigenvalue weighted by Crippen LogP contribution is -2.40. The Kier molecular flexibility index (Phi) is 5.76. The molecule has 1 aliphatic heterocycles. The van der Waals surface area contributed by atoms with Crippen molar-refractivity contribution in [2.45, 2.75) is 38.4 Å². The van der Waals surface area contributed by atoms with Crippen LogP contribution in [0.15, 0.2) is 41.6 Å². The second-order valence-corrected chi connectivity index (χ2v) is 8.59. The minimum absolute atomic E-state index is 0.155. The number of phenols is 1. The van der Waals surface area contributed by atoms with Crippen LogP contribution in [0.4, 0.5) is 0 Å². The highest BCUT2D eigenvalue weighted by atomic mass is 32.2. The Labute approximate surface area is 174 Å². The molecule has 1 aliphatic rings. The number of hydrogen-bond donors (Lipinski definition) is 1. The van der Waals surface area contributed by atoms with Crippen LogP contribution in [0.3, 0.4) is 0 Å². The molecule has 0 radical (unpaired) electrons. The number of carbonyl (C=O) groups is 1. The second kappa shape index (κ2) is 8.45. The van der Waals surface area contributed by atoms with Crippen LogP contribution in [-0.4, -0.2) is 49.5 Å². The number of fused-ring (bicyclic) bond motifs is 1. The van der Waals surface area contributed by atoms with Crippen molar-refractivity contribution < 1.29 is 9.90 Å². The van der Waals surface area contributed by atoms with Gasteiger partial charge in [-0.3, -0.25) is 4.79 Å². The lowest BCUT2D eigenvalue weighted by atomic mass is 10.0. The molecule has 3 aromatic rings. The van der Waals surface area contributed by atoms with Crippen LogP contribution in [0.5, 0.6) is 5.75 Å². The number of aromatic hydroxyl groups is 1. The van der Waals surface area contributed by atoms with E-state index in [0.717, 1.165) is 30.3 Å². The highest BCUT2D eigenvalue weighted by Crippen LogP contribution is 2.34. The number of likely N-dealkylation sites (tertiary alicyclic amines) is 1. The van der Waals surface area contributed by atoms with Gasteiger partial charge in [0, 0.05) is 19.6 Å². The molecule has 2 heterocycles. The summed E-state index contributed by atoms with van der Waals surface area (Å²) in [6, 6.07) is 11.6. The minimum Gasteiger partial charge on any atom is -0.507 e. The fraction of sp³-hybridized carbons (Fsp3) is 0.409. The summed E-state index contributed by atoms with van der Waals surface area (Å²) in [4.78, 5) is 14.6. The topological polar surface area (TPSA) is 71.2 Å². The molecule has 1 saturated heterocycles. The monoisotopic (exact) mass is 410 g/mol. The zero-order valence-electron chi connectivity index (χ0n) is 16.8.